The van der Waals surface area contributed by atoms with Gasteiger partial charge in [-0.3, -0.25) is 18.6 Å². The lowest BCUT2D eigenvalue weighted by Gasteiger charge is -2.29. The van der Waals surface area contributed by atoms with E-state index in [4.69, 9.17) is 30.8 Å². The van der Waals surface area contributed by atoms with Gasteiger partial charge in [0.25, 0.3) is 11.1 Å². The molecule has 0 unspecified atom stereocenters. The molecule has 0 aliphatic carbocycles. The third kappa shape index (κ3) is 5.12. The predicted molar refractivity (Wildman–Crippen MR) is 157 cm³/mol. The van der Waals surface area contributed by atoms with Crippen LogP contribution in [0.25, 0.3) is 16.6 Å². The SMILES string of the molecule is O=c1c2cc(N3CCOCC3)ccc2nc(SCc2cc(=O)n3cc(Cl)ccc3n2)n1Cc1ccc2c(c1)OCO2. The fraction of sp³-hybridized carbons (Fsp3) is 0.241. The minimum absolute atomic E-state index is 0.147. The van der Waals surface area contributed by atoms with E-state index in [1.807, 2.05) is 36.4 Å². The summed E-state index contributed by atoms with van der Waals surface area (Å²) in [5.41, 5.74) is 3.15. The number of aromatic nitrogens is 4. The Morgan fingerprint density at radius 1 is 0.927 bits per heavy atom. The van der Waals surface area contributed by atoms with Gasteiger partial charge in [0.05, 0.1) is 41.4 Å². The maximum Gasteiger partial charge on any atom is 0.262 e. The molecule has 5 aromatic rings. The van der Waals surface area contributed by atoms with Gasteiger partial charge in [-0.2, -0.15) is 0 Å². The highest BCUT2D eigenvalue weighted by molar-refractivity contribution is 7.98. The van der Waals surface area contributed by atoms with E-state index in [1.54, 1.807) is 22.9 Å². The summed E-state index contributed by atoms with van der Waals surface area (Å²) in [5.74, 6) is 1.67. The number of pyridine rings is 1. The molecule has 0 bridgehead atoms. The molecular formula is C29H24ClN5O5S. The number of thioether (sulfide) groups is 1. The number of morpholine rings is 1. The molecule has 2 aliphatic heterocycles. The maximum absolute atomic E-state index is 14.0. The quantitative estimate of drug-likeness (QED) is 0.215. The molecule has 1 saturated heterocycles. The Morgan fingerprint density at radius 2 is 1.78 bits per heavy atom. The van der Waals surface area contributed by atoms with Crippen LogP contribution in [0.2, 0.25) is 5.02 Å². The second-order valence-electron chi connectivity index (χ2n) is 9.72. The molecule has 5 heterocycles. The Hall–Kier alpha value is -4.06. The topological polar surface area (TPSA) is 100 Å². The van der Waals surface area contributed by atoms with Crippen molar-refractivity contribution in [2.24, 2.45) is 0 Å². The molecule has 0 N–H and O–H groups in total. The van der Waals surface area contributed by atoms with Gasteiger partial charge >= 0.3 is 0 Å². The van der Waals surface area contributed by atoms with Crippen LogP contribution < -0.4 is 25.5 Å². The van der Waals surface area contributed by atoms with Crippen molar-refractivity contribution in [1.82, 2.24) is 18.9 Å². The second kappa shape index (κ2) is 10.7. The van der Waals surface area contributed by atoms with Gasteiger partial charge in [-0.1, -0.05) is 29.4 Å². The number of anilines is 1. The molecule has 208 valence electrons. The Morgan fingerprint density at radius 3 is 2.66 bits per heavy atom. The summed E-state index contributed by atoms with van der Waals surface area (Å²) in [4.78, 5) is 38.5. The van der Waals surface area contributed by atoms with Crippen LogP contribution in [-0.2, 0) is 17.0 Å². The van der Waals surface area contributed by atoms with Crippen molar-refractivity contribution < 1.29 is 14.2 Å². The molecule has 0 spiro atoms. The zero-order valence-electron chi connectivity index (χ0n) is 21.8. The van der Waals surface area contributed by atoms with Crippen LogP contribution in [0.5, 0.6) is 11.5 Å². The molecule has 0 radical (unpaired) electrons. The smallest absolute Gasteiger partial charge is 0.262 e. The molecule has 0 atom stereocenters. The Bertz CT molecular complexity index is 1920. The Labute approximate surface area is 243 Å². The van der Waals surface area contributed by atoms with Crippen molar-refractivity contribution in [3.05, 3.63) is 97.8 Å². The first-order valence-corrected chi connectivity index (χ1v) is 14.4. The van der Waals surface area contributed by atoms with Crippen LogP contribution in [0.3, 0.4) is 0 Å². The van der Waals surface area contributed by atoms with E-state index >= 15 is 0 Å². The van der Waals surface area contributed by atoms with Gasteiger partial charge in [0.1, 0.15) is 5.65 Å². The van der Waals surface area contributed by atoms with Gasteiger partial charge in [-0.25, -0.2) is 9.97 Å². The zero-order chi connectivity index (χ0) is 27.9. The summed E-state index contributed by atoms with van der Waals surface area (Å²) in [6.45, 7) is 3.30. The highest BCUT2D eigenvalue weighted by Gasteiger charge is 2.19. The second-order valence-corrected chi connectivity index (χ2v) is 11.1. The largest absolute Gasteiger partial charge is 0.454 e. The first kappa shape index (κ1) is 25.9. The first-order chi connectivity index (χ1) is 20.0. The highest BCUT2D eigenvalue weighted by atomic mass is 35.5. The van der Waals surface area contributed by atoms with Gasteiger partial charge in [-0.05, 0) is 48.0 Å². The molecular weight excluding hydrogens is 566 g/mol. The van der Waals surface area contributed by atoms with Crippen LogP contribution in [0.15, 0.2) is 75.5 Å². The van der Waals surface area contributed by atoms with Gasteiger partial charge < -0.3 is 19.1 Å². The lowest BCUT2D eigenvalue weighted by molar-refractivity contribution is 0.122. The number of hydrogen-bond acceptors (Lipinski definition) is 9. The first-order valence-electron chi connectivity index (χ1n) is 13.1. The zero-order valence-corrected chi connectivity index (χ0v) is 23.4. The van der Waals surface area contributed by atoms with Crippen LogP contribution in [-0.4, -0.2) is 52.0 Å². The molecule has 3 aromatic heterocycles. The van der Waals surface area contributed by atoms with E-state index < -0.39 is 0 Å². The van der Waals surface area contributed by atoms with Crippen LogP contribution in [0.4, 0.5) is 5.69 Å². The van der Waals surface area contributed by atoms with Crippen molar-refractivity contribution in [3.63, 3.8) is 0 Å². The lowest BCUT2D eigenvalue weighted by atomic mass is 10.1. The third-order valence-corrected chi connectivity index (χ3v) is 8.32. The normalized spacial score (nSPS) is 14.7. The number of fused-ring (bicyclic) bond motifs is 3. The molecule has 41 heavy (non-hydrogen) atoms. The molecule has 1 fully saturated rings. The number of benzene rings is 2. The molecule has 10 nitrogen and oxygen atoms in total. The molecule has 7 rings (SSSR count). The van der Waals surface area contributed by atoms with Crippen molar-refractivity contribution in [3.8, 4) is 11.5 Å². The third-order valence-electron chi connectivity index (χ3n) is 7.08. The van der Waals surface area contributed by atoms with E-state index in [9.17, 15) is 9.59 Å². The van der Waals surface area contributed by atoms with Crippen molar-refractivity contribution in [2.75, 3.05) is 38.0 Å². The number of ether oxygens (including phenoxy) is 3. The molecule has 2 aliphatic rings. The number of rotatable bonds is 6. The average molecular weight is 590 g/mol. The Kier molecular flexibility index (Phi) is 6.77. The van der Waals surface area contributed by atoms with E-state index in [1.165, 1.54) is 22.2 Å². The van der Waals surface area contributed by atoms with E-state index in [0.717, 1.165) is 24.3 Å². The monoisotopic (exact) mass is 589 g/mol. The summed E-state index contributed by atoms with van der Waals surface area (Å²) >= 11 is 7.41. The van der Waals surface area contributed by atoms with Crippen molar-refractivity contribution in [1.29, 1.82) is 0 Å². The van der Waals surface area contributed by atoms with Crippen molar-refractivity contribution >= 4 is 45.6 Å². The molecule has 0 amide bonds. The van der Waals surface area contributed by atoms with Gasteiger partial charge in [-0.15, -0.1) is 0 Å². The summed E-state index contributed by atoms with van der Waals surface area (Å²) in [5, 5.41) is 1.52. The molecule has 12 heteroatoms. The van der Waals surface area contributed by atoms with Gasteiger partial charge in [0.15, 0.2) is 16.7 Å². The van der Waals surface area contributed by atoms with E-state index in [-0.39, 0.29) is 24.5 Å². The van der Waals surface area contributed by atoms with E-state index in [2.05, 4.69) is 9.88 Å². The molecule has 0 saturated carbocycles. The highest BCUT2D eigenvalue weighted by Crippen LogP contribution is 2.33. The number of nitrogens with zero attached hydrogens (tertiary/aromatic N) is 5. The van der Waals surface area contributed by atoms with Crippen LogP contribution in [0.1, 0.15) is 11.3 Å². The summed E-state index contributed by atoms with van der Waals surface area (Å²) in [6.07, 6.45) is 1.54. The van der Waals surface area contributed by atoms with Crippen molar-refractivity contribution in [2.45, 2.75) is 17.5 Å². The Balaban J connectivity index is 1.27. The van der Waals surface area contributed by atoms with Crippen LogP contribution in [0, 0.1) is 0 Å². The summed E-state index contributed by atoms with van der Waals surface area (Å²) in [6, 6.07) is 16.3. The number of halogens is 1. The minimum Gasteiger partial charge on any atom is -0.454 e. The fourth-order valence-electron chi connectivity index (χ4n) is 5.02. The van der Waals surface area contributed by atoms with Crippen LogP contribution >= 0.6 is 23.4 Å². The van der Waals surface area contributed by atoms with E-state index in [0.29, 0.717) is 62.9 Å². The number of hydrogen-bond donors (Lipinski definition) is 0. The minimum atomic E-state index is -0.229. The molecule has 2 aromatic carbocycles. The lowest BCUT2D eigenvalue weighted by Crippen LogP contribution is -2.36. The predicted octanol–water partition coefficient (Wildman–Crippen LogP) is 3.96. The standard InChI is InChI=1S/C29H24ClN5O5S/c30-19-2-6-26-31-20(12-27(36)34(26)15-19)16-41-29-32-23-4-3-21(33-7-9-38-10-8-33)13-22(23)28(37)35(29)14-18-1-5-24-25(11-18)40-17-39-24/h1-6,11-13,15H,7-10,14,16-17H2. The maximum atomic E-state index is 14.0. The van der Waals surface area contributed by atoms with Gasteiger partial charge in [0, 0.05) is 36.8 Å². The fourth-order valence-corrected chi connectivity index (χ4v) is 6.07. The summed E-state index contributed by atoms with van der Waals surface area (Å²) < 4.78 is 19.6. The van der Waals surface area contributed by atoms with Gasteiger partial charge in [0.2, 0.25) is 6.79 Å². The average Bonchev–Trinajstić information content (AvgIpc) is 3.46. The summed E-state index contributed by atoms with van der Waals surface area (Å²) in [7, 11) is 0.